The summed E-state index contributed by atoms with van der Waals surface area (Å²) in [6.45, 7) is 4.03. The largest absolute Gasteiger partial charge is 0.495 e. The van der Waals surface area contributed by atoms with Crippen LogP contribution >= 0.6 is 11.6 Å². The van der Waals surface area contributed by atoms with Gasteiger partial charge in [-0.1, -0.05) is 29.8 Å². The molecule has 0 aliphatic rings. The van der Waals surface area contributed by atoms with Crippen LogP contribution in [0.25, 0.3) is 0 Å². The van der Waals surface area contributed by atoms with Crippen LogP contribution in [0, 0.1) is 6.92 Å². The van der Waals surface area contributed by atoms with Gasteiger partial charge in [0, 0.05) is 31.3 Å². The predicted octanol–water partition coefficient (Wildman–Crippen LogP) is 3.44. The standard InChI is InChI=1S/C19H21ClN2O3/c1-13-6-4-5-7-16(13)19(24)21-10-11-22(14(2)23)15-8-9-18(25-3)17(20)12-15/h4-9,12H,10-11H2,1-3H3,(H,21,24). The van der Waals surface area contributed by atoms with Crippen molar-refractivity contribution in [1.29, 1.82) is 0 Å². The van der Waals surface area contributed by atoms with Crippen molar-refractivity contribution in [2.75, 3.05) is 25.1 Å². The van der Waals surface area contributed by atoms with Gasteiger partial charge in [-0.2, -0.15) is 0 Å². The van der Waals surface area contributed by atoms with Gasteiger partial charge in [0.15, 0.2) is 0 Å². The van der Waals surface area contributed by atoms with E-state index in [-0.39, 0.29) is 11.8 Å². The molecule has 5 nitrogen and oxygen atoms in total. The Labute approximate surface area is 152 Å². The lowest BCUT2D eigenvalue weighted by Gasteiger charge is -2.22. The summed E-state index contributed by atoms with van der Waals surface area (Å²) in [6.07, 6.45) is 0. The number of amides is 2. The first-order chi connectivity index (χ1) is 11.9. The van der Waals surface area contributed by atoms with Gasteiger partial charge in [-0.25, -0.2) is 0 Å². The fraction of sp³-hybridized carbons (Fsp3) is 0.263. The number of aryl methyl sites for hydroxylation is 1. The lowest BCUT2D eigenvalue weighted by Crippen LogP contribution is -2.37. The molecule has 2 amide bonds. The highest BCUT2D eigenvalue weighted by molar-refractivity contribution is 6.32. The van der Waals surface area contributed by atoms with E-state index in [2.05, 4.69) is 5.32 Å². The summed E-state index contributed by atoms with van der Waals surface area (Å²) in [5.41, 5.74) is 2.19. The van der Waals surface area contributed by atoms with Crippen LogP contribution in [0.1, 0.15) is 22.8 Å². The molecule has 0 bridgehead atoms. The van der Waals surface area contributed by atoms with E-state index < -0.39 is 0 Å². The first kappa shape index (κ1) is 18.8. The number of carbonyl (C=O) groups excluding carboxylic acids is 2. The van der Waals surface area contributed by atoms with Gasteiger partial charge in [0.2, 0.25) is 5.91 Å². The smallest absolute Gasteiger partial charge is 0.251 e. The number of hydrogen-bond donors (Lipinski definition) is 1. The molecular formula is C19H21ClN2O3. The topological polar surface area (TPSA) is 58.6 Å². The third-order valence-corrected chi connectivity index (χ3v) is 4.13. The normalized spacial score (nSPS) is 10.2. The van der Waals surface area contributed by atoms with E-state index in [9.17, 15) is 9.59 Å². The number of benzene rings is 2. The third-order valence-electron chi connectivity index (χ3n) is 3.84. The maximum atomic E-state index is 12.2. The van der Waals surface area contributed by atoms with Gasteiger partial charge in [-0.3, -0.25) is 9.59 Å². The van der Waals surface area contributed by atoms with Crippen LogP contribution in [0.15, 0.2) is 42.5 Å². The van der Waals surface area contributed by atoms with Gasteiger partial charge in [0.25, 0.3) is 5.91 Å². The third kappa shape index (κ3) is 4.73. The van der Waals surface area contributed by atoms with Gasteiger partial charge in [-0.05, 0) is 36.8 Å². The van der Waals surface area contributed by atoms with E-state index >= 15 is 0 Å². The zero-order valence-electron chi connectivity index (χ0n) is 14.5. The Balaban J connectivity index is 2.03. The van der Waals surface area contributed by atoms with Gasteiger partial charge in [-0.15, -0.1) is 0 Å². The Hall–Kier alpha value is -2.53. The molecule has 0 saturated heterocycles. The second-order valence-corrected chi connectivity index (χ2v) is 5.97. The zero-order chi connectivity index (χ0) is 18.4. The maximum absolute atomic E-state index is 12.2. The predicted molar refractivity (Wildman–Crippen MR) is 99.5 cm³/mol. The van der Waals surface area contributed by atoms with E-state index in [0.29, 0.717) is 35.1 Å². The molecule has 2 aromatic carbocycles. The Morgan fingerprint density at radius 1 is 1.20 bits per heavy atom. The average molecular weight is 361 g/mol. The molecule has 0 aliphatic carbocycles. The minimum absolute atomic E-state index is 0.133. The van der Waals surface area contributed by atoms with Gasteiger partial charge >= 0.3 is 0 Å². The number of nitrogens with one attached hydrogen (secondary N) is 1. The Morgan fingerprint density at radius 2 is 1.92 bits per heavy atom. The van der Waals surface area contributed by atoms with E-state index in [1.54, 1.807) is 29.2 Å². The molecule has 2 aromatic rings. The SMILES string of the molecule is COc1ccc(N(CCNC(=O)c2ccccc2C)C(C)=O)cc1Cl. The van der Waals surface area contributed by atoms with Crippen molar-refractivity contribution in [3.8, 4) is 5.75 Å². The number of anilines is 1. The molecule has 6 heteroatoms. The fourth-order valence-corrected chi connectivity index (χ4v) is 2.75. The summed E-state index contributed by atoms with van der Waals surface area (Å²) >= 11 is 6.13. The monoisotopic (exact) mass is 360 g/mol. The number of methoxy groups -OCH3 is 1. The lowest BCUT2D eigenvalue weighted by molar-refractivity contribution is -0.116. The molecule has 0 fully saturated rings. The maximum Gasteiger partial charge on any atom is 0.251 e. The molecule has 25 heavy (non-hydrogen) atoms. The summed E-state index contributed by atoms with van der Waals surface area (Å²) < 4.78 is 5.12. The molecule has 0 aromatic heterocycles. The van der Waals surface area contributed by atoms with Crippen LogP contribution in [0.2, 0.25) is 5.02 Å². The molecular weight excluding hydrogens is 340 g/mol. The number of hydrogen-bond acceptors (Lipinski definition) is 3. The summed E-state index contributed by atoms with van der Waals surface area (Å²) in [7, 11) is 1.53. The fourth-order valence-electron chi connectivity index (χ4n) is 2.50. The van der Waals surface area contributed by atoms with Crippen molar-refractivity contribution in [3.05, 3.63) is 58.6 Å². The second-order valence-electron chi connectivity index (χ2n) is 5.56. The molecule has 0 radical (unpaired) electrons. The lowest BCUT2D eigenvalue weighted by atomic mass is 10.1. The first-order valence-electron chi connectivity index (χ1n) is 7.89. The van der Waals surface area contributed by atoms with Crippen molar-refractivity contribution in [1.82, 2.24) is 5.32 Å². The Bertz CT molecular complexity index is 777. The molecule has 0 spiro atoms. The van der Waals surface area contributed by atoms with E-state index in [1.807, 2.05) is 25.1 Å². The van der Waals surface area contributed by atoms with Gasteiger partial charge in [0.05, 0.1) is 12.1 Å². The van der Waals surface area contributed by atoms with E-state index in [1.165, 1.54) is 14.0 Å². The average Bonchev–Trinajstić information content (AvgIpc) is 2.58. The van der Waals surface area contributed by atoms with Crippen LogP contribution in [-0.2, 0) is 4.79 Å². The van der Waals surface area contributed by atoms with Crippen LogP contribution in [-0.4, -0.2) is 32.0 Å². The van der Waals surface area contributed by atoms with Crippen LogP contribution in [0.5, 0.6) is 5.75 Å². The van der Waals surface area contributed by atoms with Gasteiger partial charge in [0.1, 0.15) is 5.75 Å². The molecule has 2 rings (SSSR count). The summed E-state index contributed by atoms with van der Waals surface area (Å²) in [6, 6.07) is 12.5. The molecule has 0 heterocycles. The van der Waals surface area contributed by atoms with Crippen LogP contribution in [0.4, 0.5) is 5.69 Å². The number of halogens is 1. The van der Waals surface area contributed by atoms with Crippen molar-refractivity contribution < 1.29 is 14.3 Å². The highest BCUT2D eigenvalue weighted by atomic mass is 35.5. The van der Waals surface area contributed by atoms with Crippen molar-refractivity contribution in [3.63, 3.8) is 0 Å². The molecule has 0 atom stereocenters. The van der Waals surface area contributed by atoms with E-state index in [0.717, 1.165) is 5.56 Å². The molecule has 0 unspecified atom stereocenters. The number of nitrogens with zero attached hydrogens (tertiary/aromatic N) is 1. The zero-order valence-corrected chi connectivity index (χ0v) is 15.3. The Morgan fingerprint density at radius 3 is 2.52 bits per heavy atom. The minimum Gasteiger partial charge on any atom is -0.495 e. The molecule has 0 saturated carbocycles. The number of ether oxygens (including phenoxy) is 1. The van der Waals surface area contributed by atoms with Crippen molar-refractivity contribution in [2.45, 2.75) is 13.8 Å². The summed E-state index contributed by atoms with van der Waals surface area (Å²) in [5, 5.41) is 3.27. The van der Waals surface area contributed by atoms with Crippen molar-refractivity contribution >= 4 is 29.1 Å². The minimum atomic E-state index is -0.158. The highest BCUT2D eigenvalue weighted by Crippen LogP contribution is 2.29. The Kier molecular flexibility index (Phi) is 6.42. The van der Waals surface area contributed by atoms with Crippen molar-refractivity contribution in [2.24, 2.45) is 0 Å². The molecule has 1 N–H and O–H groups in total. The second kappa shape index (κ2) is 8.53. The molecule has 132 valence electrons. The molecule has 0 aliphatic heterocycles. The number of carbonyl (C=O) groups is 2. The first-order valence-corrected chi connectivity index (χ1v) is 8.27. The quantitative estimate of drug-likeness (QED) is 0.858. The van der Waals surface area contributed by atoms with Crippen LogP contribution in [0.3, 0.4) is 0 Å². The summed E-state index contributed by atoms with van der Waals surface area (Å²) in [4.78, 5) is 25.7. The summed E-state index contributed by atoms with van der Waals surface area (Å²) in [5.74, 6) is 0.252. The number of rotatable bonds is 6. The van der Waals surface area contributed by atoms with Crippen LogP contribution < -0.4 is 15.0 Å². The highest BCUT2D eigenvalue weighted by Gasteiger charge is 2.14. The van der Waals surface area contributed by atoms with Gasteiger partial charge < -0.3 is 15.0 Å². The van der Waals surface area contributed by atoms with E-state index in [4.69, 9.17) is 16.3 Å².